The lowest BCUT2D eigenvalue weighted by atomic mass is 10.0. The van der Waals surface area contributed by atoms with Crippen molar-refractivity contribution in [3.05, 3.63) is 0 Å². The zero-order chi connectivity index (χ0) is 15.6. The molecule has 5 unspecified atom stereocenters. The highest BCUT2D eigenvalue weighted by molar-refractivity contribution is 5.87. The lowest BCUT2D eigenvalue weighted by Crippen LogP contribution is -2.64. The van der Waals surface area contributed by atoms with Gasteiger partial charge in [0.2, 0.25) is 5.54 Å². The number of alkyl halides is 3. The van der Waals surface area contributed by atoms with Gasteiger partial charge in [-0.1, -0.05) is 0 Å². The number of carbonyl (C=O) groups excluding carboxylic acids is 1. The molecule has 0 heterocycles. The van der Waals surface area contributed by atoms with Crippen LogP contribution in [-0.2, 0) is 4.79 Å². The first kappa shape index (κ1) is 14.5. The number of hydrogen-bond donors (Lipinski definition) is 3. The summed E-state index contributed by atoms with van der Waals surface area (Å²) in [6, 6.07) is -1.15. The van der Waals surface area contributed by atoms with Gasteiger partial charge in [0, 0.05) is 6.04 Å². The molecule has 3 aliphatic rings. The molecule has 2 bridgehead atoms. The Balaban J connectivity index is 1.61. The number of carboxylic acids is 1. The molecule has 0 saturated heterocycles. The van der Waals surface area contributed by atoms with Crippen LogP contribution in [0, 0.1) is 23.7 Å². The fraction of sp³-hybridized carbons (Fsp3) is 0.846. The number of aliphatic carboxylic acids is 1. The first-order valence-electron chi connectivity index (χ1n) is 7.04. The third-order valence-corrected chi connectivity index (χ3v) is 5.39. The summed E-state index contributed by atoms with van der Waals surface area (Å²) < 4.78 is 38.4. The van der Waals surface area contributed by atoms with E-state index in [-0.39, 0.29) is 6.04 Å². The normalized spacial score (nSPS) is 39.3. The highest BCUT2D eigenvalue weighted by Crippen LogP contribution is 2.65. The van der Waals surface area contributed by atoms with Crippen molar-refractivity contribution in [2.75, 3.05) is 0 Å². The molecule has 2 amide bonds. The number of hydrogen-bond acceptors (Lipinski definition) is 2. The number of carboxylic acid groups (broad SMARTS) is 1. The van der Waals surface area contributed by atoms with Crippen molar-refractivity contribution >= 4 is 12.0 Å². The first-order chi connectivity index (χ1) is 9.65. The van der Waals surface area contributed by atoms with Gasteiger partial charge in [0.1, 0.15) is 0 Å². The molecule has 118 valence electrons. The van der Waals surface area contributed by atoms with Gasteiger partial charge in [0.05, 0.1) is 0 Å². The summed E-state index contributed by atoms with van der Waals surface area (Å²) in [4.78, 5) is 22.6. The predicted molar refractivity (Wildman–Crippen MR) is 65.4 cm³/mol. The van der Waals surface area contributed by atoms with Gasteiger partial charge in [0.25, 0.3) is 0 Å². The molecule has 5 atom stereocenters. The number of fused-ring (bicyclic) bond motifs is 5. The lowest BCUT2D eigenvalue weighted by molar-refractivity contribution is -0.203. The quantitative estimate of drug-likeness (QED) is 0.743. The average molecular weight is 306 g/mol. The number of urea groups is 1. The largest absolute Gasteiger partial charge is 0.479 e. The summed E-state index contributed by atoms with van der Waals surface area (Å²) in [5, 5.41) is 12.9. The second kappa shape index (κ2) is 4.27. The van der Waals surface area contributed by atoms with Crippen molar-refractivity contribution in [3.8, 4) is 0 Å². The zero-order valence-corrected chi connectivity index (χ0v) is 11.4. The van der Waals surface area contributed by atoms with Crippen molar-refractivity contribution in [1.29, 1.82) is 0 Å². The fourth-order valence-electron chi connectivity index (χ4n) is 4.18. The van der Waals surface area contributed by atoms with E-state index in [1.807, 2.05) is 0 Å². The SMILES string of the molecule is CC(NC(=O)NC1C2C3CCC(C3)C12)(C(=O)O)C(F)(F)F. The average Bonchev–Trinajstić information content (AvgIpc) is 2.76. The Morgan fingerprint density at radius 1 is 1.14 bits per heavy atom. The Morgan fingerprint density at radius 2 is 1.67 bits per heavy atom. The second-order valence-electron chi connectivity index (χ2n) is 6.54. The minimum Gasteiger partial charge on any atom is -0.479 e. The van der Waals surface area contributed by atoms with Crippen molar-refractivity contribution in [2.24, 2.45) is 23.7 Å². The number of carbonyl (C=O) groups is 2. The maximum absolute atomic E-state index is 12.8. The summed E-state index contributed by atoms with van der Waals surface area (Å²) in [7, 11) is 0. The Labute approximate surface area is 119 Å². The number of rotatable bonds is 3. The van der Waals surface area contributed by atoms with Gasteiger partial charge in [-0.15, -0.1) is 0 Å². The molecule has 8 heteroatoms. The first-order valence-corrected chi connectivity index (χ1v) is 7.04. The van der Waals surface area contributed by atoms with Crippen LogP contribution in [0.15, 0.2) is 0 Å². The minimum absolute atomic E-state index is 0.0949. The Bertz CT molecular complexity index is 480. The second-order valence-corrected chi connectivity index (χ2v) is 6.54. The van der Waals surface area contributed by atoms with Crippen LogP contribution < -0.4 is 10.6 Å². The summed E-state index contributed by atoms with van der Waals surface area (Å²) in [5.41, 5.74) is -3.28. The summed E-state index contributed by atoms with van der Waals surface area (Å²) in [5.74, 6) is -0.244. The third-order valence-electron chi connectivity index (χ3n) is 5.39. The van der Waals surface area contributed by atoms with Crippen LogP contribution in [0.2, 0.25) is 0 Å². The summed E-state index contributed by atoms with van der Waals surface area (Å²) in [6.07, 6.45) is -1.65. The topological polar surface area (TPSA) is 78.4 Å². The minimum atomic E-state index is -5.06. The third kappa shape index (κ3) is 2.06. The van der Waals surface area contributed by atoms with E-state index in [2.05, 4.69) is 5.32 Å². The summed E-state index contributed by atoms with van der Waals surface area (Å²) >= 11 is 0. The summed E-state index contributed by atoms with van der Waals surface area (Å²) in [6.45, 7) is 0.451. The smallest absolute Gasteiger partial charge is 0.422 e. The van der Waals surface area contributed by atoms with Crippen molar-refractivity contribution < 1.29 is 27.9 Å². The number of halogens is 3. The van der Waals surface area contributed by atoms with Gasteiger partial charge in [0.15, 0.2) is 0 Å². The molecule has 3 aliphatic carbocycles. The molecular weight excluding hydrogens is 289 g/mol. The van der Waals surface area contributed by atoms with Crippen LogP contribution in [0.3, 0.4) is 0 Å². The highest BCUT2D eigenvalue weighted by atomic mass is 19.4. The monoisotopic (exact) mass is 306 g/mol. The molecule has 0 spiro atoms. The molecule has 5 nitrogen and oxygen atoms in total. The van der Waals surface area contributed by atoms with Crippen LogP contribution in [0.1, 0.15) is 26.2 Å². The van der Waals surface area contributed by atoms with Gasteiger partial charge in [-0.05, 0) is 49.9 Å². The zero-order valence-electron chi connectivity index (χ0n) is 11.4. The van der Waals surface area contributed by atoms with Crippen molar-refractivity contribution in [1.82, 2.24) is 10.6 Å². The van der Waals surface area contributed by atoms with E-state index in [0.717, 1.165) is 19.3 Å². The van der Waals surface area contributed by atoms with E-state index in [1.54, 1.807) is 5.32 Å². The van der Waals surface area contributed by atoms with Crippen LogP contribution in [0.4, 0.5) is 18.0 Å². The molecule has 0 radical (unpaired) electrons. The maximum atomic E-state index is 12.8. The fourth-order valence-corrected chi connectivity index (χ4v) is 4.18. The highest BCUT2D eigenvalue weighted by Gasteiger charge is 2.66. The van der Waals surface area contributed by atoms with Crippen LogP contribution in [-0.4, -0.2) is 34.9 Å². The van der Waals surface area contributed by atoms with Crippen molar-refractivity contribution in [2.45, 2.75) is 43.9 Å². The van der Waals surface area contributed by atoms with E-state index >= 15 is 0 Å². The van der Waals surface area contributed by atoms with Gasteiger partial charge in [-0.2, -0.15) is 13.2 Å². The van der Waals surface area contributed by atoms with E-state index in [4.69, 9.17) is 5.11 Å². The van der Waals surface area contributed by atoms with E-state index in [9.17, 15) is 22.8 Å². The molecule has 3 rings (SSSR count). The molecule has 3 fully saturated rings. The maximum Gasteiger partial charge on any atom is 0.422 e. The number of nitrogens with one attached hydrogen (secondary N) is 2. The number of amides is 2. The predicted octanol–water partition coefficient (Wildman–Crippen LogP) is 1.74. The van der Waals surface area contributed by atoms with E-state index in [1.165, 1.54) is 0 Å². The van der Waals surface area contributed by atoms with Gasteiger partial charge in [-0.25, -0.2) is 9.59 Å². The molecule has 0 aromatic heterocycles. The van der Waals surface area contributed by atoms with Crippen LogP contribution in [0.25, 0.3) is 0 Å². The lowest BCUT2D eigenvalue weighted by Gasteiger charge is -2.28. The molecule has 0 aromatic rings. The van der Waals surface area contributed by atoms with Gasteiger partial charge < -0.3 is 15.7 Å². The Hall–Kier alpha value is -1.47. The van der Waals surface area contributed by atoms with Crippen LogP contribution >= 0.6 is 0 Å². The van der Waals surface area contributed by atoms with Crippen molar-refractivity contribution in [3.63, 3.8) is 0 Å². The standard InChI is InChI=1S/C13H17F3N2O3/c1-12(10(19)20,13(14,15)16)18-11(21)17-9-7-5-2-3-6(4-5)8(7)9/h5-9H,2-4H2,1H3,(H,19,20)(H2,17,18,21). The van der Waals surface area contributed by atoms with Crippen LogP contribution in [0.5, 0.6) is 0 Å². The molecule has 0 aliphatic heterocycles. The molecule has 21 heavy (non-hydrogen) atoms. The van der Waals surface area contributed by atoms with E-state index in [0.29, 0.717) is 30.6 Å². The van der Waals surface area contributed by atoms with E-state index < -0.39 is 23.7 Å². The molecule has 3 saturated carbocycles. The Kier molecular flexibility index (Phi) is 2.94. The van der Waals surface area contributed by atoms with Gasteiger partial charge in [-0.3, -0.25) is 0 Å². The van der Waals surface area contributed by atoms with Gasteiger partial charge >= 0.3 is 18.2 Å². The molecule has 0 aromatic carbocycles. The molecular formula is C13H17F3N2O3. The molecule has 3 N–H and O–H groups in total. The Morgan fingerprint density at radius 3 is 2.10 bits per heavy atom.